The van der Waals surface area contributed by atoms with Crippen molar-refractivity contribution in [2.45, 2.75) is 5.60 Å². The van der Waals surface area contributed by atoms with Crippen molar-refractivity contribution in [2.75, 3.05) is 7.11 Å². The van der Waals surface area contributed by atoms with Crippen LogP contribution in [0.15, 0.2) is 72.8 Å². The van der Waals surface area contributed by atoms with Gasteiger partial charge in [0, 0.05) is 0 Å². The van der Waals surface area contributed by atoms with Crippen LogP contribution in [0.2, 0.25) is 0 Å². The van der Waals surface area contributed by atoms with E-state index in [4.69, 9.17) is 4.74 Å². The van der Waals surface area contributed by atoms with Gasteiger partial charge in [0.2, 0.25) is 0 Å². The number of aliphatic hydroxyl groups is 1. The highest BCUT2D eigenvalue weighted by Crippen LogP contribution is 2.37. The third-order valence-corrected chi connectivity index (χ3v) is 4.03. The highest BCUT2D eigenvalue weighted by atomic mass is 19.1. The van der Waals surface area contributed by atoms with Crippen molar-refractivity contribution in [3.05, 3.63) is 101 Å². The van der Waals surface area contributed by atoms with E-state index in [2.05, 4.69) is 0 Å². The Morgan fingerprint density at radius 1 is 0.667 bits per heavy atom. The lowest BCUT2D eigenvalue weighted by molar-refractivity contribution is 0.125. The minimum absolute atomic E-state index is 0.394. The van der Waals surface area contributed by atoms with Gasteiger partial charge in [-0.25, -0.2) is 8.78 Å². The van der Waals surface area contributed by atoms with Crippen LogP contribution in [-0.4, -0.2) is 12.2 Å². The maximum absolute atomic E-state index is 13.3. The zero-order valence-electron chi connectivity index (χ0n) is 13.0. The zero-order valence-corrected chi connectivity index (χ0v) is 13.0. The Labute approximate surface area is 139 Å². The summed E-state index contributed by atoms with van der Waals surface area (Å²) >= 11 is 0. The van der Waals surface area contributed by atoms with Gasteiger partial charge in [0.1, 0.15) is 23.0 Å². The summed E-state index contributed by atoms with van der Waals surface area (Å²) in [6.07, 6.45) is 0. The van der Waals surface area contributed by atoms with Crippen LogP contribution < -0.4 is 4.74 Å². The highest BCUT2D eigenvalue weighted by molar-refractivity contribution is 5.48. The minimum atomic E-state index is -1.53. The molecule has 0 heterocycles. The second kappa shape index (κ2) is 6.42. The monoisotopic (exact) mass is 326 g/mol. The van der Waals surface area contributed by atoms with Crippen LogP contribution in [0.3, 0.4) is 0 Å². The van der Waals surface area contributed by atoms with E-state index in [0.29, 0.717) is 22.4 Å². The first-order valence-electron chi connectivity index (χ1n) is 7.43. The molecule has 0 amide bonds. The quantitative estimate of drug-likeness (QED) is 0.726. The molecule has 3 aromatic carbocycles. The third kappa shape index (κ3) is 2.88. The average Bonchev–Trinajstić information content (AvgIpc) is 2.62. The van der Waals surface area contributed by atoms with Crippen molar-refractivity contribution >= 4 is 0 Å². The summed E-state index contributed by atoms with van der Waals surface area (Å²) in [5.74, 6) is -0.135. The zero-order chi connectivity index (χ0) is 17.2. The van der Waals surface area contributed by atoms with Crippen LogP contribution in [0.4, 0.5) is 8.78 Å². The molecule has 2 nitrogen and oxygen atoms in total. The van der Waals surface area contributed by atoms with E-state index < -0.39 is 17.2 Å². The molecule has 0 saturated carbocycles. The molecule has 0 bridgehead atoms. The van der Waals surface area contributed by atoms with Gasteiger partial charge in [-0.15, -0.1) is 0 Å². The van der Waals surface area contributed by atoms with Crippen LogP contribution >= 0.6 is 0 Å². The van der Waals surface area contributed by atoms with Crippen molar-refractivity contribution < 1.29 is 18.6 Å². The van der Waals surface area contributed by atoms with Crippen molar-refractivity contribution in [3.63, 3.8) is 0 Å². The van der Waals surface area contributed by atoms with E-state index in [9.17, 15) is 13.9 Å². The lowest BCUT2D eigenvalue weighted by Crippen LogP contribution is -2.28. The summed E-state index contributed by atoms with van der Waals surface area (Å²) in [7, 11) is 1.56. The van der Waals surface area contributed by atoms with Crippen LogP contribution in [0.1, 0.15) is 16.7 Å². The SMILES string of the molecule is COc1ccc(C(O)(c2ccc(F)cc2)c2ccc(F)cc2)cc1. The molecule has 1 N–H and O–H groups in total. The van der Waals surface area contributed by atoms with E-state index in [0.717, 1.165) is 0 Å². The lowest BCUT2D eigenvalue weighted by Gasteiger charge is -2.30. The van der Waals surface area contributed by atoms with E-state index in [-0.39, 0.29) is 0 Å². The van der Waals surface area contributed by atoms with E-state index in [1.54, 1.807) is 31.4 Å². The van der Waals surface area contributed by atoms with Gasteiger partial charge >= 0.3 is 0 Å². The largest absolute Gasteiger partial charge is 0.497 e. The normalized spacial score (nSPS) is 11.3. The number of ether oxygens (including phenoxy) is 1. The Bertz CT molecular complexity index is 764. The van der Waals surface area contributed by atoms with Crippen LogP contribution in [-0.2, 0) is 5.60 Å². The van der Waals surface area contributed by atoms with Gasteiger partial charge in [-0.3, -0.25) is 0 Å². The Morgan fingerprint density at radius 3 is 1.33 bits per heavy atom. The maximum atomic E-state index is 13.3. The number of rotatable bonds is 4. The van der Waals surface area contributed by atoms with Gasteiger partial charge in [0.15, 0.2) is 0 Å². The topological polar surface area (TPSA) is 29.5 Å². The van der Waals surface area contributed by atoms with Crippen molar-refractivity contribution in [1.29, 1.82) is 0 Å². The molecule has 0 aliphatic heterocycles. The molecule has 24 heavy (non-hydrogen) atoms. The fourth-order valence-corrected chi connectivity index (χ4v) is 2.71. The molecule has 0 atom stereocenters. The summed E-state index contributed by atoms with van der Waals surface area (Å²) < 4.78 is 31.7. The molecular formula is C20H16F2O2. The number of hydrogen-bond donors (Lipinski definition) is 1. The molecule has 3 rings (SSSR count). The molecule has 0 spiro atoms. The molecule has 0 aromatic heterocycles. The molecular weight excluding hydrogens is 310 g/mol. The van der Waals surface area contributed by atoms with Crippen LogP contribution in [0.5, 0.6) is 5.75 Å². The number of hydrogen-bond acceptors (Lipinski definition) is 2. The predicted octanol–water partition coefficient (Wildman–Crippen LogP) is 4.26. The number of halogens is 2. The Balaban J connectivity index is 2.18. The first-order chi connectivity index (χ1) is 11.5. The summed E-state index contributed by atoms with van der Waals surface area (Å²) in [4.78, 5) is 0. The second-order valence-electron chi connectivity index (χ2n) is 5.45. The van der Waals surface area contributed by atoms with E-state index in [1.165, 1.54) is 48.5 Å². The van der Waals surface area contributed by atoms with Gasteiger partial charge in [0.25, 0.3) is 0 Å². The molecule has 0 radical (unpaired) electrons. The fourth-order valence-electron chi connectivity index (χ4n) is 2.71. The molecule has 3 aromatic rings. The molecule has 0 fully saturated rings. The molecule has 0 aliphatic rings. The molecule has 0 saturated heterocycles. The van der Waals surface area contributed by atoms with Crippen LogP contribution in [0.25, 0.3) is 0 Å². The third-order valence-electron chi connectivity index (χ3n) is 4.03. The Morgan fingerprint density at radius 2 is 1.00 bits per heavy atom. The Kier molecular flexibility index (Phi) is 4.32. The van der Waals surface area contributed by atoms with E-state index in [1.807, 2.05) is 0 Å². The summed E-state index contributed by atoms with van der Waals surface area (Å²) in [6.45, 7) is 0. The number of methoxy groups -OCH3 is 1. The van der Waals surface area contributed by atoms with Gasteiger partial charge in [-0.1, -0.05) is 36.4 Å². The fraction of sp³-hybridized carbons (Fsp3) is 0.100. The average molecular weight is 326 g/mol. The summed E-state index contributed by atoms with van der Waals surface area (Å²) in [5, 5.41) is 11.5. The van der Waals surface area contributed by atoms with Crippen molar-refractivity contribution in [3.8, 4) is 5.75 Å². The van der Waals surface area contributed by atoms with Gasteiger partial charge in [-0.2, -0.15) is 0 Å². The molecule has 4 heteroatoms. The lowest BCUT2D eigenvalue weighted by atomic mass is 9.80. The van der Waals surface area contributed by atoms with Gasteiger partial charge < -0.3 is 9.84 Å². The first-order valence-corrected chi connectivity index (χ1v) is 7.43. The van der Waals surface area contributed by atoms with Crippen molar-refractivity contribution in [1.82, 2.24) is 0 Å². The summed E-state index contributed by atoms with van der Waals surface area (Å²) in [6, 6.07) is 18.1. The molecule has 0 aliphatic carbocycles. The standard InChI is InChI=1S/C20H16F2O2/c1-24-19-12-6-16(7-13-19)20(23,14-2-8-17(21)9-3-14)15-4-10-18(22)11-5-15/h2-13,23H,1H3. The van der Waals surface area contributed by atoms with Crippen LogP contribution in [0, 0.1) is 11.6 Å². The van der Waals surface area contributed by atoms with Crippen molar-refractivity contribution in [2.24, 2.45) is 0 Å². The smallest absolute Gasteiger partial charge is 0.140 e. The predicted molar refractivity (Wildman–Crippen MR) is 87.9 cm³/mol. The Hall–Kier alpha value is -2.72. The highest BCUT2D eigenvalue weighted by Gasteiger charge is 2.33. The minimum Gasteiger partial charge on any atom is -0.497 e. The molecule has 0 unspecified atom stereocenters. The van der Waals surface area contributed by atoms with E-state index >= 15 is 0 Å². The maximum Gasteiger partial charge on any atom is 0.140 e. The first kappa shape index (κ1) is 16.1. The van der Waals surface area contributed by atoms with Gasteiger partial charge in [-0.05, 0) is 53.1 Å². The number of benzene rings is 3. The summed E-state index contributed by atoms with van der Waals surface area (Å²) in [5.41, 5.74) is 0.0103. The van der Waals surface area contributed by atoms with Gasteiger partial charge in [0.05, 0.1) is 7.11 Å². The second-order valence-corrected chi connectivity index (χ2v) is 5.45. The molecule has 122 valence electrons.